The fraction of sp³-hybridized carbons (Fsp3) is 0.506. The third kappa shape index (κ3) is 10.3. The van der Waals surface area contributed by atoms with Gasteiger partial charge in [-0.2, -0.15) is 0 Å². The maximum absolute atomic E-state index is 13.3. The largest absolute Gasteiger partial charge is 0.507 e. The van der Waals surface area contributed by atoms with E-state index in [4.69, 9.17) is 15.0 Å². The van der Waals surface area contributed by atoms with Crippen LogP contribution < -0.4 is 16.0 Å². The van der Waals surface area contributed by atoms with E-state index in [2.05, 4.69) is 112 Å². The van der Waals surface area contributed by atoms with Crippen molar-refractivity contribution in [1.82, 2.24) is 30.9 Å². The standard InChI is InChI=1S/C83H98N6O7/c90-69-26-20-52(40-72(69)93)19-24-61-62-14-7-15-70(91)74(62)76(95)75(94)63(61)25-18-51-16-21-56(22-17-51)66-44-79(65-42-59-13-9-33-82(59)35-34-81-32-8-12-58(81)23-27-71(92)77(81)83(82,78(65)89-66)73-49-85-50-87-73)45-67-57(41-64(68(46-79)88-67)55-10-3-1-4-11-55)48-84-36-28-54-39-60(86-47-54)38-53-29-37-96-80(43-53)30-5-2-6-31-80/h1,3-4,7,10-11,14-17,19-24,26-27,39-41,47,49-50,53,58-59,64-68,71,77-78,84,86,88-95H,2,5-6,8-9,12-13,18,25,28-38,42-46,48H2,(H,85,87)/b24-19+/t53-,58+,59-,64-,65-,66-,67-,68+,71-,77+,78-,79-,81-,82-,83+/m0/s1. The Kier molecular flexibility index (Phi) is 16.0. The van der Waals surface area contributed by atoms with Crippen molar-refractivity contribution in [2.75, 3.05) is 19.7 Å². The number of rotatable bonds is 15. The summed E-state index contributed by atoms with van der Waals surface area (Å²) in [7, 11) is 0. The van der Waals surface area contributed by atoms with Crippen LogP contribution in [0.1, 0.15) is 184 Å². The molecule has 3 saturated heterocycles. The molecule has 13 nitrogen and oxygen atoms in total. The first-order chi connectivity index (χ1) is 46.8. The van der Waals surface area contributed by atoms with E-state index < -0.39 is 11.5 Å². The first-order valence-electron chi connectivity index (χ1n) is 37.0. The Morgan fingerprint density at radius 1 is 0.677 bits per heavy atom. The van der Waals surface area contributed by atoms with Crippen LogP contribution in [0.15, 0.2) is 140 Å². The molecule has 5 aromatic carbocycles. The topological polar surface area (TPSA) is 211 Å². The number of nitrogens with zero attached hydrogens (tertiary/aromatic N) is 1. The molecule has 11 N–H and O–H groups in total. The van der Waals surface area contributed by atoms with Crippen molar-refractivity contribution >= 4 is 22.9 Å². The molecule has 10 aliphatic rings. The highest BCUT2D eigenvalue weighted by molar-refractivity contribution is 6.03. The molecule has 0 radical (unpaired) electrons. The van der Waals surface area contributed by atoms with E-state index in [0.717, 1.165) is 70.2 Å². The van der Waals surface area contributed by atoms with E-state index in [-0.39, 0.29) is 92.0 Å². The van der Waals surface area contributed by atoms with Gasteiger partial charge in [0.05, 0.1) is 23.4 Å². The second-order valence-corrected chi connectivity index (χ2v) is 31.9. The van der Waals surface area contributed by atoms with Gasteiger partial charge in [0, 0.05) is 83.9 Å². The summed E-state index contributed by atoms with van der Waals surface area (Å²) in [6.45, 7) is 2.63. The SMILES string of the molecule is Oc1ccc(/C=C/c2c(CCc3ccc([C@@H]4C[C@@]5(C[C@@H]6N[C@H](C5)[C@H](c5ccccc5)C=C6CNCCc5c[nH]c(C[C@@H]6CCOC7(CCCCC7)C6)c5)[C@H]5C[C@@H]6CCC[C@]67CC[C@@]68CCC[C@@H]6C=C[C@H](O)[C@H]8[C@]7(c6cnc[nH]6)[C@H]5N4)cc3)c(O)c(O)c3c(O)cccc23)cc1O. The number of aromatic hydroxyl groups is 5. The Morgan fingerprint density at radius 2 is 1.53 bits per heavy atom. The normalized spacial score (nSPS) is 34.2. The van der Waals surface area contributed by atoms with Gasteiger partial charge in [-0.15, -0.1) is 0 Å². The average molecular weight is 1290 g/mol. The molecule has 4 aliphatic heterocycles. The van der Waals surface area contributed by atoms with Crippen LogP contribution in [0.5, 0.6) is 28.7 Å². The average Bonchev–Trinajstić information content (AvgIpc) is 1.17. The van der Waals surface area contributed by atoms with Gasteiger partial charge in [-0.05, 0) is 231 Å². The van der Waals surface area contributed by atoms with Crippen molar-refractivity contribution < 1.29 is 35.4 Å². The van der Waals surface area contributed by atoms with Gasteiger partial charge in [-0.25, -0.2) is 4.98 Å². The van der Waals surface area contributed by atoms with Crippen LogP contribution in [0, 0.1) is 45.8 Å². The lowest BCUT2D eigenvalue weighted by Gasteiger charge is -2.75. The fourth-order valence-corrected chi connectivity index (χ4v) is 23.6. The number of fused-ring (bicyclic) bond motifs is 7. The third-order valence-corrected chi connectivity index (χ3v) is 27.5. The summed E-state index contributed by atoms with van der Waals surface area (Å²) in [4.78, 5) is 12.7. The molecule has 13 heteroatoms. The highest BCUT2D eigenvalue weighted by Gasteiger charge is 2.78. The van der Waals surface area contributed by atoms with Crippen LogP contribution in [0.2, 0.25) is 0 Å². The van der Waals surface area contributed by atoms with Crippen molar-refractivity contribution in [2.24, 2.45) is 45.8 Å². The van der Waals surface area contributed by atoms with Crippen LogP contribution >= 0.6 is 0 Å². The first kappa shape index (κ1) is 62.4. The van der Waals surface area contributed by atoms with E-state index in [1.807, 2.05) is 18.5 Å². The van der Waals surface area contributed by atoms with Crippen molar-refractivity contribution in [3.8, 4) is 28.7 Å². The Bertz CT molecular complexity index is 4090. The molecule has 2 aromatic heterocycles. The highest BCUT2D eigenvalue weighted by atomic mass is 16.5. The van der Waals surface area contributed by atoms with Gasteiger partial charge in [0.2, 0.25) is 0 Å². The number of imidazole rings is 1. The molecular formula is C83H98N6O7. The number of ether oxygens (including phenoxy) is 1. The van der Waals surface area contributed by atoms with Crippen molar-refractivity contribution in [1.29, 1.82) is 0 Å². The van der Waals surface area contributed by atoms with E-state index in [9.17, 15) is 30.6 Å². The van der Waals surface area contributed by atoms with Gasteiger partial charge in [0.1, 0.15) is 5.75 Å². The predicted molar refractivity (Wildman–Crippen MR) is 377 cm³/mol. The van der Waals surface area contributed by atoms with Crippen molar-refractivity contribution in [3.05, 3.63) is 190 Å². The molecule has 15 atom stereocenters. The number of phenols is 5. The number of allylic oxidation sites excluding steroid dienone is 1. The number of aliphatic hydroxyl groups is 1. The molecular weight excluding hydrogens is 1190 g/mol. The summed E-state index contributed by atoms with van der Waals surface area (Å²) in [6.07, 6.45) is 42.5. The zero-order valence-corrected chi connectivity index (χ0v) is 55.6. The van der Waals surface area contributed by atoms with Crippen molar-refractivity contribution in [2.45, 2.75) is 195 Å². The van der Waals surface area contributed by atoms with E-state index >= 15 is 0 Å². The van der Waals surface area contributed by atoms with Crippen LogP contribution in [0.3, 0.4) is 0 Å². The van der Waals surface area contributed by atoms with E-state index in [1.54, 1.807) is 18.2 Å². The number of hydrogen-bond acceptors (Lipinski definition) is 11. The van der Waals surface area contributed by atoms with E-state index in [0.29, 0.717) is 58.6 Å². The minimum Gasteiger partial charge on any atom is -0.507 e. The second kappa shape index (κ2) is 24.7. The summed E-state index contributed by atoms with van der Waals surface area (Å²) >= 11 is 0. The summed E-state index contributed by atoms with van der Waals surface area (Å²) in [5, 5.41) is 82.1. The highest BCUT2D eigenvalue weighted by Crippen LogP contribution is 2.79. The number of piperidine rings is 2. The minimum absolute atomic E-state index is 0.000846. The lowest BCUT2D eigenvalue weighted by atomic mass is 9.31. The number of aromatic nitrogens is 3. The number of H-pyrrole nitrogens is 2. The number of aliphatic hydroxyl groups excluding tert-OH is 1. The first-order valence-corrected chi connectivity index (χ1v) is 37.0. The summed E-state index contributed by atoms with van der Waals surface area (Å²) < 4.78 is 6.50. The molecule has 7 aromatic rings. The molecule has 6 aliphatic carbocycles. The van der Waals surface area contributed by atoms with Crippen molar-refractivity contribution in [3.63, 3.8) is 0 Å². The predicted octanol–water partition coefficient (Wildman–Crippen LogP) is 15.0. The van der Waals surface area contributed by atoms with Gasteiger partial charge in [-0.1, -0.05) is 135 Å². The van der Waals surface area contributed by atoms with Gasteiger partial charge in [0.25, 0.3) is 0 Å². The zero-order valence-electron chi connectivity index (χ0n) is 55.6. The van der Waals surface area contributed by atoms with E-state index in [1.165, 1.54) is 142 Å². The molecule has 0 unspecified atom stereocenters. The Labute approximate surface area is 565 Å². The molecule has 96 heavy (non-hydrogen) atoms. The van der Waals surface area contributed by atoms with Crippen LogP contribution in [-0.4, -0.2) is 95.1 Å². The fourth-order valence-electron chi connectivity index (χ4n) is 23.6. The lowest BCUT2D eigenvalue weighted by molar-refractivity contribution is -0.217. The quantitative estimate of drug-likeness (QED) is 0.0201. The molecule has 2 bridgehead atoms. The molecule has 6 heterocycles. The molecule has 4 spiro atoms. The maximum Gasteiger partial charge on any atom is 0.169 e. The number of nitrogens with one attached hydrogen (secondary N) is 5. The molecule has 8 fully saturated rings. The van der Waals surface area contributed by atoms with Crippen LogP contribution in [0.25, 0.3) is 22.9 Å². The van der Waals surface area contributed by atoms with Gasteiger partial charge in [-0.3, -0.25) is 0 Å². The van der Waals surface area contributed by atoms with Gasteiger partial charge < -0.3 is 61.3 Å². The molecule has 5 saturated carbocycles. The van der Waals surface area contributed by atoms with Crippen LogP contribution in [-0.2, 0) is 35.8 Å². The van der Waals surface area contributed by atoms with Crippen LogP contribution in [0.4, 0.5) is 0 Å². The maximum atomic E-state index is 13.3. The Balaban J connectivity index is 0.712. The Hall–Kier alpha value is -7.13. The number of phenolic OH excluding ortho intramolecular Hbond substituents is 5. The van der Waals surface area contributed by atoms with Gasteiger partial charge in [0.15, 0.2) is 23.0 Å². The smallest absolute Gasteiger partial charge is 0.169 e. The molecule has 17 rings (SSSR count). The van der Waals surface area contributed by atoms with Gasteiger partial charge >= 0.3 is 0 Å². The lowest BCUT2D eigenvalue weighted by Crippen LogP contribution is -2.78. The summed E-state index contributed by atoms with van der Waals surface area (Å²) in [5.41, 5.74) is 10.7. The third-order valence-electron chi connectivity index (χ3n) is 27.5. The summed E-state index contributed by atoms with van der Waals surface area (Å²) in [6, 6.07) is 33.2. The number of aryl methyl sites for hydroxylation is 1. The summed E-state index contributed by atoms with van der Waals surface area (Å²) in [5.74, 6) is 0.999. The number of benzene rings is 5. The Morgan fingerprint density at radius 3 is 2.38 bits per heavy atom. The number of hydrogen-bond donors (Lipinski definition) is 11. The molecule has 0 amide bonds. The molecule has 502 valence electrons. The second-order valence-electron chi connectivity index (χ2n) is 31.9. The monoisotopic (exact) mass is 1290 g/mol. The minimum atomic E-state index is -0.571. The zero-order chi connectivity index (χ0) is 65.0. The number of aromatic amines is 2.